The first-order chi connectivity index (χ1) is 31.0. The largest absolute Gasteiger partial charge is 0.462 e. The van der Waals surface area contributed by atoms with E-state index in [0.29, 0.717) is 12.8 Å². The molecule has 0 radical (unpaired) electrons. The smallest absolute Gasteiger partial charge is 0.306 e. The number of aliphatic hydroxyl groups is 7. The molecule has 11 atom stereocenters. The molecule has 2 aliphatic rings. The number of aliphatic hydroxyl groups excluding tert-OH is 7. The molecule has 0 aliphatic carbocycles. The fraction of sp³-hybridized carbons (Fsp3) is 0.918. The summed E-state index contributed by atoms with van der Waals surface area (Å²) in [5.74, 6) is -0.919. The summed E-state index contributed by atoms with van der Waals surface area (Å²) in [4.78, 5) is 25.7. The first-order valence-electron chi connectivity index (χ1n) is 25.3. The average molecular weight is 919 g/mol. The van der Waals surface area contributed by atoms with Gasteiger partial charge < -0.3 is 64.2 Å². The van der Waals surface area contributed by atoms with Gasteiger partial charge in [-0.1, -0.05) is 161 Å². The van der Waals surface area contributed by atoms with Crippen molar-refractivity contribution >= 4 is 11.9 Å². The highest BCUT2D eigenvalue weighted by Crippen LogP contribution is 2.26. The molecule has 15 heteroatoms. The van der Waals surface area contributed by atoms with Gasteiger partial charge in [-0.3, -0.25) is 9.59 Å². The Bertz CT molecular complexity index is 1170. The van der Waals surface area contributed by atoms with Crippen LogP contribution in [0.25, 0.3) is 0 Å². The van der Waals surface area contributed by atoms with Crippen molar-refractivity contribution in [3.05, 3.63) is 12.2 Å². The van der Waals surface area contributed by atoms with Gasteiger partial charge in [-0.05, 0) is 32.1 Å². The van der Waals surface area contributed by atoms with Crippen LogP contribution in [0.1, 0.15) is 194 Å². The van der Waals surface area contributed by atoms with Gasteiger partial charge >= 0.3 is 11.9 Å². The third-order valence-corrected chi connectivity index (χ3v) is 12.2. The third-order valence-electron chi connectivity index (χ3n) is 12.2. The zero-order chi connectivity index (χ0) is 46.8. The number of ether oxygens (including phenoxy) is 6. The summed E-state index contributed by atoms with van der Waals surface area (Å²) in [5, 5.41) is 72.0. The number of carbonyl (C=O) groups excluding carboxylic acids is 2. The quantitative estimate of drug-likeness (QED) is 0.0196. The number of carbonyl (C=O) groups is 2. The second-order valence-corrected chi connectivity index (χ2v) is 18.0. The van der Waals surface area contributed by atoms with E-state index in [4.69, 9.17) is 28.4 Å². The summed E-state index contributed by atoms with van der Waals surface area (Å²) in [6, 6.07) is 0. The minimum absolute atomic E-state index is 0.170. The standard InChI is InChI=1S/C49H90O15/c1-3-5-7-9-11-13-15-17-18-20-21-23-25-27-29-31-40(51)59-34-37(62-41(52)32-30-28-26-24-22-19-16-14-12-10-8-6-4-2)35-60-48-47(58)45(56)43(54)39(64-48)36-61-49-46(57)44(55)42(53)38(33-50)63-49/h9,11,37-39,42-50,53-58H,3-8,10,12-36H2,1-2H3/b11-9+/t37-,38-,39-,42+,43+,44?,45?,46?,47?,48-,49-/m1/s1. The Kier molecular flexibility index (Phi) is 34.0. The normalized spacial score (nSPS) is 26.6. The molecule has 0 bridgehead atoms. The minimum atomic E-state index is -1.76. The van der Waals surface area contributed by atoms with Gasteiger partial charge in [-0.2, -0.15) is 0 Å². The Morgan fingerprint density at radius 1 is 0.484 bits per heavy atom. The monoisotopic (exact) mass is 919 g/mol. The van der Waals surface area contributed by atoms with Crippen LogP contribution in [-0.4, -0.2) is 142 Å². The maximum absolute atomic E-state index is 13.0. The van der Waals surface area contributed by atoms with Crippen molar-refractivity contribution in [2.45, 2.75) is 261 Å². The first kappa shape index (κ1) is 58.4. The predicted octanol–water partition coefficient (Wildman–Crippen LogP) is 6.60. The van der Waals surface area contributed by atoms with E-state index in [9.17, 15) is 45.3 Å². The van der Waals surface area contributed by atoms with Crippen LogP contribution in [0.3, 0.4) is 0 Å². The highest BCUT2D eigenvalue weighted by molar-refractivity contribution is 5.70. The molecule has 4 unspecified atom stereocenters. The summed E-state index contributed by atoms with van der Waals surface area (Å²) >= 11 is 0. The molecule has 0 aromatic rings. The molecule has 15 nitrogen and oxygen atoms in total. The lowest BCUT2D eigenvalue weighted by atomic mass is 9.98. The van der Waals surface area contributed by atoms with E-state index in [1.807, 2.05) is 0 Å². The Labute approximate surface area is 384 Å². The van der Waals surface area contributed by atoms with E-state index in [2.05, 4.69) is 26.0 Å². The SMILES string of the molecule is CCCC/C=C/CCCCCCCCCCCC(=O)OC[C@H](CO[C@@H]1O[C@H](CO[C@@H]2O[C@H](CO)[C@H](O)C(O)C2O)[C@H](O)C(O)C1O)OC(=O)CCCCCCCCCCCCCCC. The van der Waals surface area contributed by atoms with Gasteiger partial charge in [0.1, 0.15) is 55.4 Å². The Morgan fingerprint density at radius 3 is 1.42 bits per heavy atom. The lowest BCUT2D eigenvalue weighted by Crippen LogP contribution is -2.61. The first-order valence-corrected chi connectivity index (χ1v) is 25.3. The molecular formula is C49H90O15. The molecule has 64 heavy (non-hydrogen) atoms. The molecule has 0 spiro atoms. The van der Waals surface area contributed by atoms with Crippen LogP contribution in [0, 0.1) is 0 Å². The van der Waals surface area contributed by atoms with Gasteiger partial charge in [0.25, 0.3) is 0 Å². The predicted molar refractivity (Wildman–Crippen MR) is 243 cm³/mol. The van der Waals surface area contributed by atoms with Crippen LogP contribution in [0.15, 0.2) is 12.2 Å². The summed E-state index contributed by atoms with van der Waals surface area (Å²) in [6.07, 6.45) is 18.1. The molecule has 0 aromatic carbocycles. The van der Waals surface area contributed by atoms with E-state index >= 15 is 0 Å². The molecule has 0 aromatic heterocycles. The average Bonchev–Trinajstić information content (AvgIpc) is 3.29. The molecule has 0 amide bonds. The van der Waals surface area contributed by atoms with Crippen molar-refractivity contribution in [1.82, 2.24) is 0 Å². The topological polar surface area (TPSA) is 231 Å². The number of rotatable bonds is 39. The van der Waals surface area contributed by atoms with Crippen molar-refractivity contribution in [2.24, 2.45) is 0 Å². The van der Waals surface area contributed by atoms with Crippen molar-refractivity contribution in [3.63, 3.8) is 0 Å². The van der Waals surface area contributed by atoms with Crippen molar-refractivity contribution in [1.29, 1.82) is 0 Å². The molecule has 2 fully saturated rings. The molecule has 2 rings (SSSR count). The minimum Gasteiger partial charge on any atom is -0.462 e. The molecule has 7 N–H and O–H groups in total. The summed E-state index contributed by atoms with van der Waals surface area (Å²) < 4.78 is 33.6. The lowest BCUT2D eigenvalue weighted by Gasteiger charge is -2.42. The Hall–Kier alpha value is -1.76. The maximum atomic E-state index is 13.0. The van der Waals surface area contributed by atoms with Crippen LogP contribution in [0.5, 0.6) is 0 Å². The fourth-order valence-corrected chi connectivity index (χ4v) is 8.02. The molecule has 376 valence electrons. The lowest BCUT2D eigenvalue weighted by molar-refractivity contribution is -0.332. The molecule has 2 saturated heterocycles. The van der Waals surface area contributed by atoms with Crippen molar-refractivity contribution in [2.75, 3.05) is 26.4 Å². The fourth-order valence-electron chi connectivity index (χ4n) is 8.02. The van der Waals surface area contributed by atoms with Crippen LogP contribution in [0.4, 0.5) is 0 Å². The highest BCUT2D eigenvalue weighted by atomic mass is 16.7. The van der Waals surface area contributed by atoms with Crippen LogP contribution in [-0.2, 0) is 38.0 Å². The van der Waals surface area contributed by atoms with Crippen LogP contribution < -0.4 is 0 Å². The summed E-state index contributed by atoms with van der Waals surface area (Å²) in [7, 11) is 0. The van der Waals surface area contributed by atoms with Gasteiger partial charge in [-0.25, -0.2) is 0 Å². The van der Waals surface area contributed by atoms with E-state index in [1.165, 1.54) is 116 Å². The molecule has 0 saturated carbocycles. The van der Waals surface area contributed by atoms with Gasteiger partial charge in [0, 0.05) is 12.8 Å². The van der Waals surface area contributed by atoms with E-state index in [0.717, 1.165) is 38.5 Å². The maximum Gasteiger partial charge on any atom is 0.306 e. The van der Waals surface area contributed by atoms with E-state index in [1.54, 1.807) is 0 Å². The van der Waals surface area contributed by atoms with Gasteiger partial charge in [0.15, 0.2) is 18.7 Å². The van der Waals surface area contributed by atoms with Crippen LogP contribution >= 0.6 is 0 Å². The van der Waals surface area contributed by atoms with E-state index in [-0.39, 0.29) is 26.1 Å². The van der Waals surface area contributed by atoms with Gasteiger partial charge in [0.2, 0.25) is 0 Å². The Balaban J connectivity index is 1.81. The zero-order valence-corrected chi connectivity index (χ0v) is 39.5. The van der Waals surface area contributed by atoms with Crippen LogP contribution in [0.2, 0.25) is 0 Å². The number of hydrogen-bond acceptors (Lipinski definition) is 15. The molecule has 2 aliphatic heterocycles. The number of allylic oxidation sites excluding steroid dienone is 2. The highest BCUT2D eigenvalue weighted by Gasteiger charge is 2.47. The second kappa shape index (κ2) is 37.2. The molecular weight excluding hydrogens is 829 g/mol. The third kappa shape index (κ3) is 25.4. The second-order valence-electron chi connectivity index (χ2n) is 18.0. The van der Waals surface area contributed by atoms with Gasteiger partial charge in [0.05, 0.1) is 19.8 Å². The summed E-state index contributed by atoms with van der Waals surface area (Å²) in [6.45, 7) is 2.57. The summed E-state index contributed by atoms with van der Waals surface area (Å²) in [5.41, 5.74) is 0. The van der Waals surface area contributed by atoms with Crippen molar-refractivity contribution < 1.29 is 73.8 Å². The van der Waals surface area contributed by atoms with Gasteiger partial charge in [-0.15, -0.1) is 0 Å². The Morgan fingerprint density at radius 2 is 0.906 bits per heavy atom. The van der Waals surface area contributed by atoms with E-state index < -0.39 is 92.7 Å². The number of unbranched alkanes of at least 4 members (excludes halogenated alkanes) is 23. The van der Waals surface area contributed by atoms with Crippen molar-refractivity contribution in [3.8, 4) is 0 Å². The zero-order valence-electron chi connectivity index (χ0n) is 39.5. The number of hydrogen-bond donors (Lipinski definition) is 7. The number of esters is 2. The molecule has 2 heterocycles.